The summed E-state index contributed by atoms with van der Waals surface area (Å²) in [5.74, 6) is 1.35. The highest BCUT2D eigenvalue weighted by Crippen LogP contribution is 2.11. The molecule has 0 aliphatic carbocycles. The van der Waals surface area contributed by atoms with Crippen molar-refractivity contribution in [2.24, 2.45) is 0 Å². The van der Waals surface area contributed by atoms with Gasteiger partial charge in [0.15, 0.2) is 0 Å². The average molecular weight is 195 g/mol. The lowest BCUT2D eigenvalue weighted by molar-refractivity contribution is 0.184. The normalized spacial score (nSPS) is 10.3. The summed E-state index contributed by atoms with van der Waals surface area (Å²) in [6.45, 7) is 4.20. The predicted octanol–water partition coefficient (Wildman–Crippen LogP) is 2.09. The summed E-state index contributed by atoms with van der Waals surface area (Å²) in [6, 6.07) is 0. The van der Waals surface area contributed by atoms with Crippen LogP contribution in [0.15, 0.2) is 12.4 Å². The van der Waals surface area contributed by atoms with E-state index in [1.54, 1.807) is 12.4 Å². The van der Waals surface area contributed by atoms with Crippen LogP contribution in [0, 0.1) is 0 Å². The zero-order chi connectivity index (χ0) is 10.4. The number of nitrogens with one attached hydrogen (secondary N) is 1. The Balaban J connectivity index is 2.58. The van der Waals surface area contributed by atoms with Crippen LogP contribution >= 0.6 is 0 Å². The van der Waals surface area contributed by atoms with Gasteiger partial charge in [-0.1, -0.05) is 13.8 Å². The van der Waals surface area contributed by atoms with Crippen molar-refractivity contribution in [3.63, 3.8) is 0 Å². The van der Waals surface area contributed by atoms with Crippen molar-refractivity contribution in [3.8, 4) is 5.88 Å². The van der Waals surface area contributed by atoms with E-state index in [0.717, 1.165) is 18.7 Å². The maximum absolute atomic E-state index is 5.61. The summed E-state index contributed by atoms with van der Waals surface area (Å²) in [5.41, 5.74) is 0. The lowest BCUT2D eigenvalue weighted by Crippen LogP contribution is -2.14. The number of aromatic nitrogens is 2. The Labute approximate surface area is 84.7 Å². The van der Waals surface area contributed by atoms with Crippen molar-refractivity contribution in [2.45, 2.75) is 32.8 Å². The van der Waals surface area contributed by atoms with E-state index in [2.05, 4.69) is 29.1 Å². The minimum Gasteiger partial charge on any atom is -0.473 e. The summed E-state index contributed by atoms with van der Waals surface area (Å²) >= 11 is 0. The van der Waals surface area contributed by atoms with Gasteiger partial charge in [-0.3, -0.25) is 0 Å². The van der Waals surface area contributed by atoms with E-state index < -0.39 is 0 Å². The lowest BCUT2D eigenvalue weighted by atomic mass is 10.2. The minimum atomic E-state index is 0.240. The Kier molecular flexibility index (Phi) is 4.16. The second kappa shape index (κ2) is 5.42. The molecule has 0 spiro atoms. The van der Waals surface area contributed by atoms with Gasteiger partial charge in [0.25, 0.3) is 0 Å². The Morgan fingerprint density at radius 3 is 2.43 bits per heavy atom. The van der Waals surface area contributed by atoms with Crippen LogP contribution in [0.3, 0.4) is 0 Å². The molecule has 0 atom stereocenters. The van der Waals surface area contributed by atoms with Gasteiger partial charge in [-0.05, 0) is 12.8 Å². The molecule has 1 rings (SSSR count). The third-order valence-electron chi connectivity index (χ3n) is 2.08. The molecule has 4 heteroatoms. The molecule has 0 fully saturated rings. The molecular formula is C10H17N3O. The fourth-order valence-corrected chi connectivity index (χ4v) is 1.13. The van der Waals surface area contributed by atoms with E-state index in [0.29, 0.717) is 5.88 Å². The molecule has 0 amide bonds. The molecule has 1 aromatic rings. The Morgan fingerprint density at radius 1 is 1.29 bits per heavy atom. The molecule has 1 heterocycles. The topological polar surface area (TPSA) is 47.0 Å². The summed E-state index contributed by atoms with van der Waals surface area (Å²) in [7, 11) is 1.81. The molecule has 0 bridgehead atoms. The van der Waals surface area contributed by atoms with Crippen LogP contribution < -0.4 is 10.1 Å². The van der Waals surface area contributed by atoms with E-state index in [4.69, 9.17) is 4.74 Å². The standard InChI is InChI=1S/C10H17N3O/c1-4-8(5-2)14-10-7-12-9(11-3)6-13-10/h6-8H,4-5H2,1-3H3,(H,11,12). The first-order valence-corrected chi connectivity index (χ1v) is 4.96. The van der Waals surface area contributed by atoms with Gasteiger partial charge in [0.1, 0.15) is 5.82 Å². The van der Waals surface area contributed by atoms with Crippen molar-refractivity contribution < 1.29 is 4.74 Å². The van der Waals surface area contributed by atoms with E-state index >= 15 is 0 Å². The molecule has 0 unspecified atom stereocenters. The van der Waals surface area contributed by atoms with Gasteiger partial charge in [-0.25, -0.2) is 9.97 Å². The highest BCUT2D eigenvalue weighted by Gasteiger charge is 2.05. The largest absolute Gasteiger partial charge is 0.473 e. The lowest BCUT2D eigenvalue weighted by Gasteiger charge is -2.14. The van der Waals surface area contributed by atoms with Gasteiger partial charge in [0.2, 0.25) is 5.88 Å². The fourth-order valence-electron chi connectivity index (χ4n) is 1.13. The maximum atomic E-state index is 5.61. The first-order chi connectivity index (χ1) is 6.80. The molecule has 0 aromatic carbocycles. The van der Waals surface area contributed by atoms with E-state index in [1.165, 1.54) is 0 Å². The van der Waals surface area contributed by atoms with E-state index in [9.17, 15) is 0 Å². The Morgan fingerprint density at radius 2 is 2.00 bits per heavy atom. The van der Waals surface area contributed by atoms with Crippen LogP contribution in [0.2, 0.25) is 0 Å². The minimum absolute atomic E-state index is 0.240. The van der Waals surface area contributed by atoms with Gasteiger partial charge < -0.3 is 10.1 Å². The first kappa shape index (κ1) is 10.8. The Bertz CT molecular complexity index is 257. The molecule has 14 heavy (non-hydrogen) atoms. The van der Waals surface area contributed by atoms with Crippen molar-refractivity contribution in [1.29, 1.82) is 0 Å². The van der Waals surface area contributed by atoms with Crippen LogP contribution in [0.5, 0.6) is 5.88 Å². The van der Waals surface area contributed by atoms with Gasteiger partial charge in [-0.2, -0.15) is 0 Å². The number of anilines is 1. The first-order valence-electron chi connectivity index (χ1n) is 4.96. The van der Waals surface area contributed by atoms with Crippen LogP contribution in [-0.2, 0) is 0 Å². The number of nitrogens with zero attached hydrogens (tertiary/aromatic N) is 2. The molecule has 0 saturated carbocycles. The zero-order valence-corrected chi connectivity index (χ0v) is 8.95. The zero-order valence-electron chi connectivity index (χ0n) is 8.95. The van der Waals surface area contributed by atoms with Gasteiger partial charge in [-0.15, -0.1) is 0 Å². The fraction of sp³-hybridized carbons (Fsp3) is 0.600. The summed E-state index contributed by atoms with van der Waals surface area (Å²) in [6.07, 6.45) is 5.53. The van der Waals surface area contributed by atoms with Crippen LogP contribution in [0.1, 0.15) is 26.7 Å². The van der Waals surface area contributed by atoms with Crippen LogP contribution in [0.4, 0.5) is 5.82 Å². The smallest absolute Gasteiger partial charge is 0.232 e. The van der Waals surface area contributed by atoms with Crippen molar-refractivity contribution in [3.05, 3.63) is 12.4 Å². The molecule has 0 aliphatic rings. The van der Waals surface area contributed by atoms with Gasteiger partial charge in [0, 0.05) is 7.05 Å². The average Bonchev–Trinajstić information content (AvgIpc) is 2.26. The second-order valence-electron chi connectivity index (χ2n) is 3.05. The molecule has 0 saturated heterocycles. The highest BCUT2D eigenvalue weighted by molar-refractivity contribution is 5.30. The highest BCUT2D eigenvalue weighted by atomic mass is 16.5. The number of hydrogen-bond donors (Lipinski definition) is 1. The van der Waals surface area contributed by atoms with E-state index in [-0.39, 0.29) is 6.10 Å². The molecule has 4 nitrogen and oxygen atoms in total. The molecule has 1 aromatic heterocycles. The second-order valence-corrected chi connectivity index (χ2v) is 3.05. The third kappa shape index (κ3) is 2.87. The number of ether oxygens (including phenoxy) is 1. The third-order valence-corrected chi connectivity index (χ3v) is 2.08. The van der Waals surface area contributed by atoms with Crippen molar-refractivity contribution >= 4 is 5.82 Å². The number of rotatable bonds is 5. The SMILES string of the molecule is CCC(CC)Oc1cnc(NC)cn1. The van der Waals surface area contributed by atoms with Crippen molar-refractivity contribution in [1.82, 2.24) is 9.97 Å². The predicted molar refractivity (Wildman–Crippen MR) is 56.6 cm³/mol. The summed E-state index contributed by atoms with van der Waals surface area (Å²) < 4.78 is 5.61. The maximum Gasteiger partial charge on any atom is 0.232 e. The summed E-state index contributed by atoms with van der Waals surface area (Å²) in [4.78, 5) is 8.26. The summed E-state index contributed by atoms with van der Waals surface area (Å²) in [5, 5.41) is 2.91. The van der Waals surface area contributed by atoms with Crippen molar-refractivity contribution in [2.75, 3.05) is 12.4 Å². The molecule has 78 valence electrons. The van der Waals surface area contributed by atoms with E-state index in [1.807, 2.05) is 7.05 Å². The van der Waals surface area contributed by atoms with Gasteiger partial charge >= 0.3 is 0 Å². The molecular weight excluding hydrogens is 178 g/mol. The van der Waals surface area contributed by atoms with Crippen LogP contribution in [0.25, 0.3) is 0 Å². The monoisotopic (exact) mass is 195 g/mol. The molecule has 1 N–H and O–H groups in total. The van der Waals surface area contributed by atoms with Crippen LogP contribution in [-0.4, -0.2) is 23.1 Å². The quantitative estimate of drug-likeness (QED) is 0.781. The molecule has 0 radical (unpaired) electrons. The Hall–Kier alpha value is -1.32. The van der Waals surface area contributed by atoms with Gasteiger partial charge in [0.05, 0.1) is 18.5 Å². The molecule has 0 aliphatic heterocycles. The number of hydrogen-bond acceptors (Lipinski definition) is 4.